The highest BCUT2D eigenvalue weighted by Gasteiger charge is 2.24. The highest BCUT2D eigenvalue weighted by Crippen LogP contribution is 2.19. The molecule has 1 aliphatic rings. The maximum Gasteiger partial charge on any atom is 0.236 e. The van der Waals surface area contributed by atoms with E-state index in [0.29, 0.717) is 12.6 Å². The molecule has 1 unspecified atom stereocenters. The minimum Gasteiger partial charge on any atom is -0.339 e. The lowest BCUT2D eigenvalue weighted by molar-refractivity contribution is -0.133. The largest absolute Gasteiger partial charge is 0.339 e. The number of nitrogens with zero attached hydrogens (tertiary/aromatic N) is 1. The summed E-state index contributed by atoms with van der Waals surface area (Å²) in [5, 5.41) is 3.28. The number of rotatable bonds is 6. The van der Waals surface area contributed by atoms with Gasteiger partial charge in [-0.15, -0.1) is 0 Å². The highest BCUT2D eigenvalue weighted by atomic mass is 16.2. The minimum absolute atomic E-state index is 0.268. The van der Waals surface area contributed by atoms with Gasteiger partial charge in [0.1, 0.15) is 0 Å². The molecule has 1 saturated heterocycles. The fraction of sp³-hybridized carbons (Fsp3) is 0.588. The summed E-state index contributed by atoms with van der Waals surface area (Å²) in [5.41, 5.74) is 1.32. The Morgan fingerprint density at radius 1 is 1.30 bits per heavy atom. The van der Waals surface area contributed by atoms with Crippen molar-refractivity contribution in [3.8, 4) is 0 Å². The van der Waals surface area contributed by atoms with Gasteiger partial charge in [0.05, 0.1) is 6.54 Å². The summed E-state index contributed by atoms with van der Waals surface area (Å²) in [6.07, 6.45) is 5.66. The van der Waals surface area contributed by atoms with Crippen LogP contribution in [0.4, 0.5) is 0 Å². The lowest BCUT2D eigenvalue weighted by atomic mass is 10.00. The molecule has 3 nitrogen and oxygen atoms in total. The van der Waals surface area contributed by atoms with Crippen molar-refractivity contribution >= 4 is 5.91 Å². The Hall–Kier alpha value is -1.35. The zero-order chi connectivity index (χ0) is 14.2. The number of carbonyl (C=O) groups is 1. The van der Waals surface area contributed by atoms with E-state index in [9.17, 15) is 4.79 Å². The smallest absolute Gasteiger partial charge is 0.236 e. The van der Waals surface area contributed by atoms with Gasteiger partial charge < -0.3 is 10.2 Å². The average molecular weight is 274 g/mol. The second-order valence-electron chi connectivity index (χ2n) is 5.56. The van der Waals surface area contributed by atoms with Gasteiger partial charge in [0, 0.05) is 12.6 Å². The van der Waals surface area contributed by atoms with Gasteiger partial charge in [-0.3, -0.25) is 4.79 Å². The van der Waals surface area contributed by atoms with Crippen LogP contribution >= 0.6 is 0 Å². The summed E-state index contributed by atoms with van der Waals surface area (Å²) in [4.78, 5) is 14.3. The molecule has 0 aliphatic carbocycles. The third-order valence-electron chi connectivity index (χ3n) is 4.13. The van der Waals surface area contributed by atoms with Gasteiger partial charge in [-0.1, -0.05) is 37.3 Å². The molecule has 0 aromatic heterocycles. The van der Waals surface area contributed by atoms with E-state index in [4.69, 9.17) is 0 Å². The van der Waals surface area contributed by atoms with Crippen LogP contribution in [-0.2, 0) is 11.2 Å². The molecule has 0 radical (unpaired) electrons. The Balaban J connectivity index is 1.69. The zero-order valence-electron chi connectivity index (χ0n) is 12.5. The first-order valence-corrected chi connectivity index (χ1v) is 7.85. The van der Waals surface area contributed by atoms with Gasteiger partial charge in [0.2, 0.25) is 5.91 Å². The van der Waals surface area contributed by atoms with Crippen LogP contribution in [0.3, 0.4) is 0 Å². The normalized spacial score (nSPS) is 19.1. The average Bonchev–Trinajstić information content (AvgIpc) is 2.52. The van der Waals surface area contributed by atoms with Crippen LogP contribution in [0.5, 0.6) is 0 Å². The molecule has 3 heteroatoms. The molecule has 2 rings (SSSR count). The van der Waals surface area contributed by atoms with E-state index >= 15 is 0 Å². The summed E-state index contributed by atoms with van der Waals surface area (Å²) < 4.78 is 0. The summed E-state index contributed by atoms with van der Waals surface area (Å²) >= 11 is 0. The molecule has 110 valence electrons. The second-order valence-corrected chi connectivity index (χ2v) is 5.56. The van der Waals surface area contributed by atoms with Crippen LogP contribution in [0.15, 0.2) is 30.3 Å². The molecule has 0 spiro atoms. The SMILES string of the molecule is CCC1CCCCN1C(=O)CNCCc1ccccc1. The van der Waals surface area contributed by atoms with Crippen LogP contribution in [-0.4, -0.2) is 36.5 Å². The lowest BCUT2D eigenvalue weighted by Crippen LogP contribution is -2.47. The quantitative estimate of drug-likeness (QED) is 0.809. The molecule has 1 amide bonds. The Morgan fingerprint density at radius 2 is 2.10 bits per heavy atom. The van der Waals surface area contributed by atoms with E-state index in [0.717, 1.165) is 32.4 Å². The van der Waals surface area contributed by atoms with Gasteiger partial charge in [0.15, 0.2) is 0 Å². The van der Waals surface area contributed by atoms with Crippen molar-refractivity contribution < 1.29 is 4.79 Å². The Labute approximate surface area is 122 Å². The van der Waals surface area contributed by atoms with Crippen LogP contribution in [0.1, 0.15) is 38.2 Å². The summed E-state index contributed by atoms with van der Waals surface area (Å²) in [6, 6.07) is 10.9. The third kappa shape index (κ3) is 4.34. The van der Waals surface area contributed by atoms with E-state index in [1.165, 1.54) is 18.4 Å². The number of likely N-dealkylation sites (tertiary alicyclic amines) is 1. The number of piperidine rings is 1. The molecular weight excluding hydrogens is 248 g/mol. The predicted molar refractivity (Wildman–Crippen MR) is 82.7 cm³/mol. The Kier molecular flexibility index (Phi) is 6.06. The molecule has 1 aromatic rings. The molecule has 1 heterocycles. The maximum absolute atomic E-state index is 12.2. The molecule has 1 N–H and O–H groups in total. The van der Waals surface area contributed by atoms with Crippen molar-refractivity contribution in [3.63, 3.8) is 0 Å². The fourth-order valence-electron chi connectivity index (χ4n) is 2.93. The molecule has 1 atom stereocenters. The van der Waals surface area contributed by atoms with Crippen molar-refractivity contribution in [2.24, 2.45) is 0 Å². The van der Waals surface area contributed by atoms with Crippen LogP contribution < -0.4 is 5.32 Å². The van der Waals surface area contributed by atoms with Crippen molar-refractivity contribution in [1.82, 2.24) is 10.2 Å². The Morgan fingerprint density at radius 3 is 2.85 bits per heavy atom. The Bertz CT molecular complexity index is 405. The van der Waals surface area contributed by atoms with Crippen molar-refractivity contribution in [2.45, 2.75) is 45.1 Å². The molecule has 1 aromatic carbocycles. The van der Waals surface area contributed by atoms with Crippen LogP contribution in [0.2, 0.25) is 0 Å². The second kappa shape index (κ2) is 8.05. The topological polar surface area (TPSA) is 32.3 Å². The third-order valence-corrected chi connectivity index (χ3v) is 4.13. The summed E-state index contributed by atoms with van der Waals surface area (Å²) in [7, 11) is 0. The first-order chi connectivity index (χ1) is 9.81. The lowest BCUT2D eigenvalue weighted by Gasteiger charge is -2.35. The number of carbonyl (C=O) groups excluding carboxylic acids is 1. The highest BCUT2D eigenvalue weighted by molar-refractivity contribution is 5.78. The van der Waals surface area contributed by atoms with Crippen LogP contribution in [0.25, 0.3) is 0 Å². The standard InChI is InChI=1S/C17H26N2O/c1-2-16-10-6-7-13-19(16)17(20)14-18-12-11-15-8-4-3-5-9-15/h3-5,8-9,16,18H,2,6-7,10-14H2,1H3. The minimum atomic E-state index is 0.268. The predicted octanol–water partition coefficient (Wildman–Crippen LogP) is 2.61. The maximum atomic E-state index is 12.2. The monoisotopic (exact) mass is 274 g/mol. The van der Waals surface area contributed by atoms with Crippen LogP contribution in [0, 0.1) is 0 Å². The van der Waals surface area contributed by atoms with E-state index < -0.39 is 0 Å². The van der Waals surface area contributed by atoms with Gasteiger partial charge in [0.25, 0.3) is 0 Å². The fourth-order valence-corrected chi connectivity index (χ4v) is 2.93. The van der Waals surface area contributed by atoms with Crippen molar-refractivity contribution in [3.05, 3.63) is 35.9 Å². The molecule has 1 fully saturated rings. The van der Waals surface area contributed by atoms with Gasteiger partial charge in [-0.25, -0.2) is 0 Å². The van der Waals surface area contributed by atoms with Crippen molar-refractivity contribution in [2.75, 3.05) is 19.6 Å². The molecule has 20 heavy (non-hydrogen) atoms. The number of nitrogens with one attached hydrogen (secondary N) is 1. The molecule has 1 aliphatic heterocycles. The first-order valence-electron chi connectivity index (χ1n) is 7.85. The number of amides is 1. The first kappa shape index (κ1) is 15.0. The summed E-state index contributed by atoms with van der Waals surface area (Å²) in [6.45, 7) is 4.46. The molecular formula is C17H26N2O. The van der Waals surface area contributed by atoms with E-state index in [1.807, 2.05) is 6.07 Å². The number of benzene rings is 1. The van der Waals surface area contributed by atoms with E-state index in [-0.39, 0.29) is 5.91 Å². The van der Waals surface area contributed by atoms with Gasteiger partial charge in [-0.2, -0.15) is 0 Å². The molecule has 0 saturated carbocycles. The van der Waals surface area contributed by atoms with Gasteiger partial charge in [-0.05, 0) is 44.2 Å². The summed E-state index contributed by atoms with van der Waals surface area (Å²) in [5.74, 6) is 0.268. The number of hydrogen-bond donors (Lipinski definition) is 1. The molecule has 0 bridgehead atoms. The number of hydrogen-bond acceptors (Lipinski definition) is 2. The zero-order valence-corrected chi connectivity index (χ0v) is 12.5. The van der Waals surface area contributed by atoms with Gasteiger partial charge >= 0.3 is 0 Å². The van der Waals surface area contributed by atoms with Crippen molar-refractivity contribution in [1.29, 1.82) is 0 Å². The van der Waals surface area contributed by atoms with E-state index in [2.05, 4.69) is 41.4 Å². The van der Waals surface area contributed by atoms with E-state index in [1.54, 1.807) is 0 Å².